The Morgan fingerprint density at radius 1 is 1.45 bits per heavy atom. The smallest absolute Gasteiger partial charge is 0.315 e. The summed E-state index contributed by atoms with van der Waals surface area (Å²) in [5.41, 5.74) is -0.351. The van der Waals surface area contributed by atoms with Gasteiger partial charge in [-0.05, 0) is 26.7 Å². The number of nitrogens with one attached hydrogen (secondary N) is 1. The lowest BCUT2D eigenvalue weighted by atomic mass is 9.90. The van der Waals surface area contributed by atoms with Gasteiger partial charge in [0.25, 0.3) is 0 Å². The lowest BCUT2D eigenvalue weighted by Gasteiger charge is -2.15. The number of ether oxygens (including phenoxy) is 1. The molecular formula is C14H24N2O3S. The molecule has 0 aliphatic carbocycles. The van der Waals surface area contributed by atoms with Gasteiger partial charge in [-0.3, -0.25) is 4.79 Å². The molecule has 114 valence electrons. The Labute approximate surface area is 124 Å². The molecule has 1 heterocycles. The molecule has 20 heavy (non-hydrogen) atoms. The maximum atomic E-state index is 11.1. The fourth-order valence-corrected chi connectivity index (χ4v) is 2.38. The largest absolute Gasteiger partial charge is 0.481 e. The van der Waals surface area contributed by atoms with Gasteiger partial charge in [0.15, 0.2) is 5.13 Å². The molecule has 5 nitrogen and oxygen atoms in total. The van der Waals surface area contributed by atoms with Gasteiger partial charge in [0, 0.05) is 25.1 Å². The molecule has 1 aromatic rings. The van der Waals surface area contributed by atoms with E-state index in [0.717, 1.165) is 44.2 Å². The first kappa shape index (κ1) is 16.9. The number of rotatable bonds is 10. The summed E-state index contributed by atoms with van der Waals surface area (Å²) < 4.78 is 5.47. The third kappa shape index (κ3) is 5.09. The molecule has 2 N–H and O–H groups in total. The number of aliphatic carboxylic acids is 1. The van der Waals surface area contributed by atoms with Crippen molar-refractivity contribution in [3.05, 3.63) is 11.1 Å². The van der Waals surface area contributed by atoms with Gasteiger partial charge < -0.3 is 15.2 Å². The number of carboxylic acids is 1. The fraction of sp³-hybridized carbons (Fsp3) is 0.714. The average molecular weight is 300 g/mol. The number of carboxylic acid groups (broad SMARTS) is 1. The Morgan fingerprint density at radius 3 is 2.80 bits per heavy atom. The molecule has 0 aliphatic heterocycles. The average Bonchev–Trinajstić information content (AvgIpc) is 2.87. The van der Waals surface area contributed by atoms with Crippen LogP contribution in [0.3, 0.4) is 0 Å². The highest BCUT2D eigenvalue weighted by Gasteiger charge is 2.32. The van der Waals surface area contributed by atoms with E-state index in [1.54, 1.807) is 19.2 Å². The van der Waals surface area contributed by atoms with Gasteiger partial charge in [-0.15, -0.1) is 11.3 Å². The molecule has 0 spiro atoms. The van der Waals surface area contributed by atoms with E-state index in [4.69, 9.17) is 9.84 Å². The number of carbonyl (C=O) groups is 1. The lowest BCUT2D eigenvalue weighted by molar-refractivity contribution is -0.142. The summed E-state index contributed by atoms with van der Waals surface area (Å²) in [5.74, 6) is -0.862. The van der Waals surface area contributed by atoms with E-state index < -0.39 is 11.4 Å². The van der Waals surface area contributed by atoms with Crippen LogP contribution in [0.15, 0.2) is 5.38 Å². The van der Waals surface area contributed by atoms with Crippen LogP contribution < -0.4 is 5.32 Å². The zero-order valence-electron chi connectivity index (χ0n) is 12.4. The molecule has 0 aromatic carbocycles. The van der Waals surface area contributed by atoms with E-state index in [0.29, 0.717) is 5.69 Å². The molecule has 1 rings (SSSR count). The molecule has 0 radical (unpaired) electrons. The minimum atomic E-state index is -0.945. The van der Waals surface area contributed by atoms with Crippen LogP contribution in [-0.4, -0.2) is 35.8 Å². The number of nitrogens with zero attached hydrogens (tertiary/aromatic N) is 1. The van der Waals surface area contributed by atoms with Gasteiger partial charge in [-0.25, -0.2) is 4.98 Å². The standard InChI is InChI=1S/C14H24N2O3S/c1-4-5-8-19-9-6-7-15-13-16-11(10-20-13)14(2,3)12(17)18/h10H,4-9H2,1-3H3,(H,15,16)(H,17,18). The third-order valence-corrected chi connectivity index (χ3v) is 3.86. The monoisotopic (exact) mass is 300 g/mol. The van der Waals surface area contributed by atoms with E-state index >= 15 is 0 Å². The van der Waals surface area contributed by atoms with Crippen molar-refractivity contribution in [1.29, 1.82) is 0 Å². The summed E-state index contributed by atoms with van der Waals surface area (Å²) in [5, 5.41) is 14.9. The molecule has 0 saturated heterocycles. The number of aromatic nitrogens is 1. The highest BCUT2D eigenvalue weighted by Crippen LogP contribution is 2.27. The van der Waals surface area contributed by atoms with Gasteiger partial charge in [0.2, 0.25) is 0 Å². The number of hydrogen-bond acceptors (Lipinski definition) is 5. The van der Waals surface area contributed by atoms with Crippen molar-refractivity contribution in [2.75, 3.05) is 25.1 Å². The number of anilines is 1. The van der Waals surface area contributed by atoms with E-state index in [9.17, 15) is 4.79 Å². The summed E-state index contributed by atoms with van der Waals surface area (Å²) >= 11 is 1.44. The van der Waals surface area contributed by atoms with Crippen LogP contribution in [0.4, 0.5) is 5.13 Å². The molecule has 0 amide bonds. The quantitative estimate of drug-likeness (QED) is 0.650. The van der Waals surface area contributed by atoms with Crippen molar-refractivity contribution < 1.29 is 14.6 Å². The first-order valence-electron chi connectivity index (χ1n) is 6.99. The molecule has 0 bridgehead atoms. The van der Waals surface area contributed by atoms with Gasteiger partial charge in [0.05, 0.1) is 5.69 Å². The van der Waals surface area contributed by atoms with E-state index in [-0.39, 0.29) is 0 Å². The minimum Gasteiger partial charge on any atom is -0.481 e. The van der Waals surface area contributed by atoms with Crippen molar-refractivity contribution in [2.45, 2.75) is 45.4 Å². The summed E-state index contributed by atoms with van der Waals surface area (Å²) in [6.45, 7) is 7.82. The number of thiazole rings is 1. The third-order valence-electron chi connectivity index (χ3n) is 3.06. The van der Waals surface area contributed by atoms with Crippen molar-refractivity contribution in [3.8, 4) is 0 Å². The number of unbranched alkanes of at least 4 members (excludes halogenated alkanes) is 1. The first-order valence-corrected chi connectivity index (χ1v) is 7.87. The molecular weight excluding hydrogens is 276 g/mol. The van der Waals surface area contributed by atoms with Crippen molar-refractivity contribution >= 4 is 22.4 Å². The summed E-state index contributed by atoms with van der Waals surface area (Å²) in [4.78, 5) is 15.5. The Balaban J connectivity index is 2.29. The van der Waals surface area contributed by atoms with Crippen molar-refractivity contribution in [2.24, 2.45) is 0 Å². The Kier molecular flexibility index (Phi) is 6.95. The van der Waals surface area contributed by atoms with Gasteiger partial charge >= 0.3 is 5.97 Å². The van der Waals surface area contributed by atoms with Gasteiger partial charge in [0.1, 0.15) is 5.41 Å². The van der Waals surface area contributed by atoms with Crippen LogP contribution in [0.2, 0.25) is 0 Å². The molecule has 6 heteroatoms. The Hall–Kier alpha value is -1.14. The van der Waals surface area contributed by atoms with Gasteiger partial charge in [-0.1, -0.05) is 13.3 Å². The summed E-state index contributed by atoms with van der Waals surface area (Å²) in [6, 6.07) is 0. The first-order chi connectivity index (χ1) is 9.48. The molecule has 0 saturated carbocycles. The van der Waals surface area contributed by atoms with Crippen molar-refractivity contribution in [3.63, 3.8) is 0 Å². The zero-order chi connectivity index (χ0) is 15.0. The van der Waals surface area contributed by atoms with E-state index in [2.05, 4.69) is 17.2 Å². The predicted molar refractivity (Wildman–Crippen MR) is 81.6 cm³/mol. The predicted octanol–water partition coefficient (Wildman–Crippen LogP) is 3.12. The summed E-state index contributed by atoms with van der Waals surface area (Å²) in [7, 11) is 0. The van der Waals surface area contributed by atoms with E-state index in [1.165, 1.54) is 11.3 Å². The topological polar surface area (TPSA) is 71.5 Å². The summed E-state index contributed by atoms with van der Waals surface area (Å²) in [6.07, 6.45) is 3.17. The second-order valence-electron chi connectivity index (χ2n) is 5.21. The fourth-order valence-electron chi connectivity index (χ4n) is 1.47. The maximum Gasteiger partial charge on any atom is 0.315 e. The normalized spacial score (nSPS) is 11.6. The molecule has 0 atom stereocenters. The second-order valence-corrected chi connectivity index (χ2v) is 6.07. The molecule has 0 fully saturated rings. The zero-order valence-corrected chi connectivity index (χ0v) is 13.3. The van der Waals surface area contributed by atoms with Crippen LogP contribution in [0, 0.1) is 0 Å². The molecule has 1 aromatic heterocycles. The van der Waals surface area contributed by atoms with Crippen LogP contribution in [0.5, 0.6) is 0 Å². The maximum absolute atomic E-state index is 11.1. The lowest BCUT2D eigenvalue weighted by Crippen LogP contribution is -2.28. The van der Waals surface area contributed by atoms with E-state index in [1.807, 2.05) is 0 Å². The Bertz CT molecular complexity index is 418. The molecule has 0 aliphatic rings. The van der Waals surface area contributed by atoms with Crippen molar-refractivity contribution in [1.82, 2.24) is 4.98 Å². The Morgan fingerprint density at radius 2 is 2.15 bits per heavy atom. The highest BCUT2D eigenvalue weighted by molar-refractivity contribution is 7.13. The molecule has 0 unspecified atom stereocenters. The second kappa shape index (κ2) is 8.21. The minimum absolute atomic E-state index is 0.594. The SMILES string of the molecule is CCCCOCCCNc1nc(C(C)(C)C(=O)O)cs1. The van der Waals surface area contributed by atoms with Crippen LogP contribution in [0.1, 0.15) is 45.7 Å². The van der Waals surface area contributed by atoms with Crippen LogP contribution in [0.25, 0.3) is 0 Å². The van der Waals surface area contributed by atoms with Crippen LogP contribution in [-0.2, 0) is 14.9 Å². The van der Waals surface area contributed by atoms with Crippen LogP contribution >= 0.6 is 11.3 Å². The number of hydrogen-bond donors (Lipinski definition) is 2. The highest BCUT2D eigenvalue weighted by atomic mass is 32.1. The van der Waals surface area contributed by atoms with Gasteiger partial charge in [-0.2, -0.15) is 0 Å².